The Kier molecular flexibility index (Phi) is 7.11. The molecule has 2 aromatic rings. The van der Waals surface area contributed by atoms with Crippen LogP contribution in [0.1, 0.15) is 36.0 Å². The molecule has 0 aromatic heterocycles. The van der Waals surface area contributed by atoms with E-state index in [1.54, 1.807) is 12.1 Å². The SMILES string of the molecule is N#Cc1cccc(CN2CCC(N3CCCN(Cc4ccc(F)cc4)CC3)CC2)c1. The smallest absolute Gasteiger partial charge is 0.123 e. The van der Waals surface area contributed by atoms with Crippen molar-refractivity contribution in [1.29, 1.82) is 5.26 Å². The van der Waals surface area contributed by atoms with Gasteiger partial charge in [0.25, 0.3) is 0 Å². The Hall–Kier alpha value is -2.26. The Bertz CT molecular complexity index is 852. The maximum atomic E-state index is 13.1. The van der Waals surface area contributed by atoms with Crippen LogP contribution in [0.3, 0.4) is 0 Å². The molecular formula is C25H31FN4. The number of likely N-dealkylation sites (tertiary alicyclic amines) is 1. The third kappa shape index (κ3) is 5.66. The van der Waals surface area contributed by atoms with Crippen LogP contribution in [0.5, 0.6) is 0 Å². The van der Waals surface area contributed by atoms with E-state index in [1.165, 1.54) is 36.9 Å². The molecule has 0 atom stereocenters. The van der Waals surface area contributed by atoms with Gasteiger partial charge in [0, 0.05) is 32.2 Å². The molecule has 4 nitrogen and oxygen atoms in total. The van der Waals surface area contributed by atoms with Gasteiger partial charge in [-0.2, -0.15) is 5.26 Å². The minimum Gasteiger partial charge on any atom is -0.299 e. The largest absolute Gasteiger partial charge is 0.299 e. The Balaban J connectivity index is 1.24. The number of piperidine rings is 1. The Morgan fingerprint density at radius 1 is 0.833 bits per heavy atom. The highest BCUT2D eigenvalue weighted by molar-refractivity contribution is 5.32. The maximum absolute atomic E-state index is 13.1. The fourth-order valence-electron chi connectivity index (χ4n) is 4.80. The summed E-state index contributed by atoms with van der Waals surface area (Å²) in [5.74, 6) is -0.162. The minimum atomic E-state index is -0.162. The number of halogens is 1. The van der Waals surface area contributed by atoms with Crippen LogP contribution in [-0.2, 0) is 13.1 Å². The second kappa shape index (κ2) is 10.2. The number of benzene rings is 2. The highest BCUT2D eigenvalue weighted by atomic mass is 19.1. The number of nitrogens with zero attached hydrogens (tertiary/aromatic N) is 4. The third-order valence-electron chi connectivity index (χ3n) is 6.48. The zero-order chi connectivity index (χ0) is 20.8. The molecule has 0 bridgehead atoms. The first-order chi connectivity index (χ1) is 14.7. The van der Waals surface area contributed by atoms with Gasteiger partial charge in [0.05, 0.1) is 11.6 Å². The quantitative estimate of drug-likeness (QED) is 0.755. The van der Waals surface area contributed by atoms with Crippen molar-refractivity contribution in [3.8, 4) is 6.07 Å². The third-order valence-corrected chi connectivity index (χ3v) is 6.48. The molecule has 158 valence electrons. The Morgan fingerprint density at radius 3 is 2.33 bits per heavy atom. The maximum Gasteiger partial charge on any atom is 0.123 e. The van der Waals surface area contributed by atoms with Crippen molar-refractivity contribution in [3.05, 3.63) is 71.0 Å². The first-order valence-corrected chi connectivity index (χ1v) is 11.1. The summed E-state index contributed by atoms with van der Waals surface area (Å²) in [6.07, 6.45) is 3.63. The molecule has 2 aromatic carbocycles. The molecule has 30 heavy (non-hydrogen) atoms. The van der Waals surface area contributed by atoms with Crippen LogP contribution in [0, 0.1) is 17.1 Å². The van der Waals surface area contributed by atoms with Crippen LogP contribution < -0.4 is 0 Å². The van der Waals surface area contributed by atoms with Crippen molar-refractivity contribution in [2.75, 3.05) is 39.3 Å². The van der Waals surface area contributed by atoms with Gasteiger partial charge in [-0.1, -0.05) is 24.3 Å². The van der Waals surface area contributed by atoms with Crippen molar-refractivity contribution in [2.24, 2.45) is 0 Å². The molecule has 0 radical (unpaired) electrons. The molecule has 0 spiro atoms. The normalized spacial score (nSPS) is 20.0. The van der Waals surface area contributed by atoms with E-state index in [4.69, 9.17) is 5.26 Å². The van der Waals surface area contributed by atoms with Crippen molar-refractivity contribution >= 4 is 0 Å². The van der Waals surface area contributed by atoms with E-state index < -0.39 is 0 Å². The van der Waals surface area contributed by atoms with Gasteiger partial charge >= 0.3 is 0 Å². The average molecular weight is 407 g/mol. The lowest BCUT2D eigenvalue weighted by molar-refractivity contribution is 0.106. The molecule has 0 amide bonds. The second-order valence-corrected chi connectivity index (χ2v) is 8.61. The first kappa shape index (κ1) is 21.0. The second-order valence-electron chi connectivity index (χ2n) is 8.61. The lowest BCUT2D eigenvalue weighted by Crippen LogP contribution is -2.45. The van der Waals surface area contributed by atoms with E-state index in [2.05, 4.69) is 26.8 Å². The van der Waals surface area contributed by atoms with Gasteiger partial charge < -0.3 is 0 Å². The summed E-state index contributed by atoms with van der Waals surface area (Å²) in [7, 11) is 0. The fraction of sp³-hybridized carbons (Fsp3) is 0.480. The zero-order valence-corrected chi connectivity index (χ0v) is 17.6. The molecular weight excluding hydrogens is 375 g/mol. The monoisotopic (exact) mass is 406 g/mol. The predicted octanol–water partition coefficient (Wildman–Crippen LogP) is 3.87. The van der Waals surface area contributed by atoms with Gasteiger partial charge in [-0.3, -0.25) is 14.7 Å². The number of hydrogen-bond donors (Lipinski definition) is 0. The molecule has 5 heteroatoms. The van der Waals surface area contributed by atoms with Crippen molar-refractivity contribution < 1.29 is 4.39 Å². The standard InChI is InChI=1S/C25H31FN4/c26-24-7-5-21(6-8-24)19-28-11-2-12-30(16-15-28)25-9-13-29(14-10-25)20-23-4-1-3-22(17-23)18-27/h1,3-8,17,25H,2,9-16,19-20H2. The summed E-state index contributed by atoms with van der Waals surface area (Å²) in [6.45, 7) is 8.59. The van der Waals surface area contributed by atoms with E-state index >= 15 is 0 Å². The van der Waals surface area contributed by atoms with E-state index in [-0.39, 0.29) is 5.82 Å². The predicted molar refractivity (Wildman–Crippen MR) is 117 cm³/mol. The molecule has 2 aliphatic rings. The lowest BCUT2D eigenvalue weighted by Gasteiger charge is -2.38. The molecule has 0 saturated carbocycles. The van der Waals surface area contributed by atoms with E-state index in [0.29, 0.717) is 6.04 Å². The van der Waals surface area contributed by atoms with Gasteiger partial charge in [-0.25, -0.2) is 4.39 Å². The summed E-state index contributed by atoms with van der Waals surface area (Å²) in [4.78, 5) is 7.72. The average Bonchev–Trinajstić information content (AvgIpc) is 3.02. The zero-order valence-electron chi connectivity index (χ0n) is 17.6. The van der Waals surface area contributed by atoms with Gasteiger partial charge in [0.15, 0.2) is 0 Å². The van der Waals surface area contributed by atoms with Crippen LogP contribution in [0.4, 0.5) is 4.39 Å². The summed E-state index contributed by atoms with van der Waals surface area (Å²) in [6, 6.07) is 17.8. The Labute approximate surface area is 179 Å². The van der Waals surface area contributed by atoms with Crippen molar-refractivity contribution in [3.63, 3.8) is 0 Å². The van der Waals surface area contributed by atoms with E-state index in [9.17, 15) is 4.39 Å². The number of hydrogen-bond acceptors (Lipinski definition) is 4. The molecule has 2 heterocycles. The number of rotatable bonds is 5. The molecule has 0 unspecified atom stereocenters. The van der Waals surface area contributed by atoms with Crippen LogP contribution >= 0.6 is 0 Å². The van der Waals surface area contributed by atoms with Gasteiger partial charge in [0.1, 0.15) is 5.82 Å². The van der Waals surface area contributed by atoms with E-state index in [1.807, 2.05) is 30.3 Å². The minimum absolute atomic E-state index is 0.162. The summed E-state index contributed by atoms with van der Waals surface area (Å²) >= 11 is 0. The molecule has 2 fully saturated rings. The van der Waals surface area contributed by atoms with Crippen LogP contribution in [0.25, 0.3) is 0 Å². The van der Waals surface area contributed by atoms with Gasteiger partial charge in [-0.05, 0) is 80.8 Å². The van der Waals surface area contributed by atoms with Crippen molar-refractivity contribution in [2.45, 2.75) is 38.4 Å². The fourth-order valence-corrected chi connectivity index (χ4v) is 4.80. The summed E-state index contributed by atoms with van der Waals surface area (Å²) < 4.78 is 13.1. The topological polar surface area (TPSA) is 33.5 Å². The van der Waals surface area contributed by atoms with Crippen LogP contribution in [0.2, 0.25) is 0 Å². The molecule has 4 rings (SSSR count). The first-order valence-electron chi connectivity index (χ1n) is 11.1. The van der Waals surface area contributed by atoms with Gasteiger partial charge in [0.2, 0.25) is 0 Å². The molecule has 2 aliphatic heterocycles. The highest BCUT2D eigenvalue weighted by Gasteiger charge is 2.26. The van der Waals surface area contributed by atoms with Crippen molar-refractivity contribution in [1.82, 2.24) is 14.7 Å². The summed E-state index contributed by atoms with van der Waals surface area (Å²) in [5, 5.41) is 9.09. The lowest BCUT2D eigenvalue weighted by atomic mass is 10.0. The highest BCUT2D eigenvalue weighted by Crippen LogP contribution is 2.21. The van der Waals surface area contributed by atoms with E-state index in [0.717, 1.165) is 51.4 Å². The van der Waals surface area contributed by atoms with Gasteiger partial charge in [-0.15, -0.1) is 0 Å². The summed E-state index contributed by atoms with van der Waals surface area (Å²) in [5.41, 5.74) is 3.18. The molecule has 2 saturated heterocycles. The van der Waals surface area contributed by atoms with Crippen LogP contribution in [-0.4, -0.2) is 60.0 Å². The van der Waals surface area contributed by atoms with Crippen LogP contribution in [0.15, 0.2) is 48.5 Å². The molecule has 0 aliphatic carbocycles. The number of nitriles is 1. The molecule has 0 N–H and O–H groups in total. The Morgan fingerprint density at radius 2 is 1.57 bits per heavy atom.